The second-order valence-electron chi connectivity index (χ2n) is 6.34. The molecule has 0 radical (unpaired) electrons. The zero-order valence-corrected chi connectivity index (χ0v) is 16.7. The van der Waals surface area contributed by atoms with Crippen molar-refractivity contribution < 1.29 is 4.79 Å². The number of nitrogens with zero attached hydrogens (tertiary/aromatic N) is 2. The summed E-state index contributed by atoms with van der Waals surface area (Å²) in [6.45, 7) is 0.379. The Morgan fingerprint density at radius 3 is 2.70 bits per heavy atom. The molecule has 4 rings (SSSR count). The summed E-state index contributed by atoms with van der Waals surface area (Å²) < 4.78 is 2.28. The normalized spacial score (nSPS) is 11.4. The Bertz CT molecular complexity index is 1220. The van der Waals surface area contributed by atoms with Gasteiger partial charge < -0.3 is 9.88 Å². The molecular formula is C19H15Cl2N3O2S. The first kappa shape index (κ1) is 18.1. The molecule has 0 unspecified atom stereocenters. The fourth-order valence-corrected chi connectivity index (χ4v) is 4.25. The fourth-order valence-electron chi connectivity index (χ4n) is 3.03. The van der Waals surface area contributed by atoms with Crippen LogP contribution >= 0.6 is 34.5 Å². The molecule has 1 N–H and O–H groups in total. The Labute approximate surface area is 168 Å². The van der Waals surface area contributed by atoms with E-state index in [1.54, 1.807) is 30.1 Å². The van der Waals surface area contributed by atoms with Crippen LogP contribution in [-0.4, -0.2) is 27.4 Å². The van der Waals surface area contributed by atoms with Gasteiger partial charge in [-0.15, -0.1) is 0 Å². The molecule has 0 spiro atoms. The average molecular weight is 420 g/mol. The third-order valence-electron chi connectivity index (χ3n) is 4.39. The van der Waals surface area contributed by atoms with E-state index in [1.807, 2.05) is 24.3 Å². The summed E-state index contributed by atoms with van der Waals surface area (Å²) in [5, 5.41) is 2.19. The lowest BCUT2D eigenvalue weighted by Crippen LogP contribution is -2.32. The van der Waals surface area contributed by atoms with E-state index >= 15 is 0 Å². The highest BCUT2D eigenvalue weighted by Gasteiger charge is 2.16. The van der Waals surface area contributed by atoms with Gasteiger partial charge >= 0.3 is 4.87 Å². The summed E-state index contributed by atoms with van der Waals surface area (Å²) in [7, 11) is 1.72. The zero-order chi connectivity index (χ0) is 19.1. The molecule has 0 saturated heterocycles. The van der Waals surface area contributed by atoms with Crippen molar-refractivity contribution in [3.05, 3.63) is 67.9 Å². The van der Waals surface area contributed by atoms with Gasteiger partial charge in [0.25, 0.3) is 0 Å². The van der Waals surface area contributed by atoms with Gasteiger partial charge in [-0.25, -0.2) is 0 Å². The molecule has 5 nitrogen and oxygen atoms in total. The predicted molar refractivity (Wildman–Crippen MR) is 111 cm³/mol. The van der Waals surface area contributed by atoms with Gasteiger partial charge in [0.05, 0.1) is 16.8 Å². The number of likely N-dealkylation sites (N-methyl/N-ethyl adjacent to an activating group) is 1. The number of carbonyl (C=O) groups is 1. The monoisotopic (exact) mass is 419 g/mol. The SMILES string of the molecule is CN(Cc1cc2cc(Cl)ccc2[nH]1)C(=O)Cn1c(=O)sc2ccc(Cl)cc21. The van der Waals surface area contributed by atoms with Crippen LogP contribution in [0, 0.1) is 0 Å². The van der Waals surface area contributed by atoms with E-state index < -0.39 is 0 Å². The second kappa shape index (κ2) is 7.03. The summed E-state index contributed by atoms with van der Waals surface area (Å²) in [5.74, 6) is -0.159. The minimum atomic E-state index is -0.172. The summed E-state index contributed by atoms with van der Waals surface area (Å²) in [6, 6.07) is 12.8. The first-order valence-electron chi connectivity index (χ1n) is 8.21. The highest BCUT2D eigenvalue weighted by atomic mass is 35.5. The Morgan fingerprint density at radius 1 is 1.15 bits per heavy atom. The number of hydrogen-bond acceptors (Lipinski definition) is 3. The number of fused-ring (bicyclic) bond motifs is 2. The molecule has 2 aromatic carbocycles. The summed E-state index contributed by atoms with van der Waals surface area (Å²) in [4.78, 5) is 29.6. The molecule has 0 aliphatic heterocycles. The number of thiazole rings is 1. The van der Waals surface area contributed by atoms with Crippen LogP contribution in [-0.2, 0) is 17.9 Å². The third kappa shape index (κ3) is 3.60. The van der Waals surface area contributed by atoms with Gasteiger partial charge in [-0.2, -0.15) is 0 Å². The first-order chi connectivity index (χ1) is 12.9. The largest absolute Gasteiger partial charge is 0.357 e. The van der Waals surface area contributed by atoms with E-state index in [-0.39, 0.29) is 17.3 Å². The van der Waals surface area contributed by atoms with Gasteiger partial charge in [-0.1, -0.05) is 34.5 Å². The lowest BCUT2D eigenvalue weighted by Gasteiger charge is -2.16. The number of H-pyrrole nitrogens is 1. The minimum Gasteiger partial charge on any atom is -0.357 e. The zero-order valence-electron chi connectivity index (χ0n) is 14.3. The Kier molecular flexibility index (Phi) is 4.72. The molecule has 2 heterocycles. The first-order valence-corrected chi connectivity index (χ1v) is 9.78. The van der Waals surface area contributed by atoms with Gasteiger partial charge in [-0.05, 0) is 42.5 Å². The van der Waals surface area contributed by atoms with Crippen molar-refractivity contribution >= 4 is 61.6 Å². The lowest BCUT2D eigenvalue weighted by molar-refractivity contribution is -0.131. The number of carbonyl (C=O) groups excluding carboxylic acids is 1. The van der Waals surface area contributed by atoms with Crippen LogP contribution in [0.1, 0.15) is 5.69 Å². The molecule has 138 valence electrons. The lowest BCUT2D eigenvalue weighted by atomic mass is 10.2. The van der Waals surface area contributed by atoms with E-state index in [9.17, 15) is 9.59 Å². The molecule has 1 amide bonds. The van der Waals surface area contributed by atoms with Gasteiger partial charge in [0.1, 0.15) is 6.54 Å². The van der Waals surface area contributed by atoms with E-state index in [1.165, 1.54) is 4.57 Å². The van der Waals surface area contributed by atoms with E-state index in [0.29, 0.717) is 22.1 Å². The van der Waals surface area contributed by atoms with Crippen LogP contribution in [0.3, 0.4) is 0 Å². The molecule has 4 aromatic rings. The molecule has 2 aromatic heterocycles. The van der Waals surface area contributed by atoms with Gasteiger partial charge in [0.2, 0.25) is 5.91 Å². The number of hydrogen-bond donors (Lipinski definition) is 1. The van der Waals surface area contributed by atoms with Gasteiger partial charge in [0.15, 0.2) is 0 Å². The summed E-state index contributed by atoms with van der Waals surface area (Å²) in [6.07, 6.45) is 0. The summed E-state index contributed by atoms with van der Waals surface area (Å²) >= 11 is 13.2. The summed E-state index contributed by atoms with van der Waals surface area (Å²) in [5.41, 5.74) is 2.54. The number of amides is 1. The molecule has 27 heavy (non-hydrogen) atoms. The number of aromatic nitrogens is 2. The molecule has 0 aliphatic carbocycles. The molecule has 0 fully saturated rings. The van der Waals surface area contributed by atoms with E-state index in [2.05, 4.69) is 4.98 Å². The molecule has 0 saturated carbocycles. The van der Waals surface area contributed by atoms with Crippen LogP contribution in [0.4, 0.5) is 0 Å². The Morgan fingerprint density at radius 2 is 1.89 bits per heavy atom. The van der Waals surface area contributed by atoms with Crippen LogP contribution in [0.2, 0.25) is 10.0 Å². The molecule has 0 aliphatic rings. The van der Waals surface area contributed by atoms with Crippen LogP contribution < -0.4 is 4.87 Å². The second-order valence-corrected chi connectivity index (χ2v) is 8.21. The van der Waals surface area contributed by atoms with Crippen LogP contribution in [0.5, 0.6) is 0 Å². The Balaban J connectivity index is 1.55. The minimum absolute atomic E-state index is 0.0261. The fraction of sp³-hybridized carbons (Fsp3) is 0.158. The molecule has 0 atom stereocenters. The van der Waals surface area contributed by atoms with E-state index in [0.717, 1.165) is 32.6 Å². The van der Waals surface area contributed by atoms with Crippen molar-refractivity contribution in [2.24, 2.45) is 0 Å². The van der Waals surface area contributed by atoms with Crippen molar-refractivity contribution in [3.63, 3.8) is 0 Å². The highest BCUT2D eigenvalue weighted by molar-refractivity contribution is 7.16. The van der Waals surface area contributed by atoms with Crippen LogP contribution in [0.15, 0.2) is 47.3 Å². The maximum Gasteiger partial charge on any atom is 0.308 e. The van der Waals surface area contributed by atoms with Crippen LogP contribution in [0.25, 0.3) is 21.1 Å². The number of aromatic amines is 1. The maximum atomic E-state index is 12.7. The maximum absolute atomic E-state index is 12.7. The molecule has 0 bridgehead atoms. The third-order valence-corrected chi connectivity index (χ3v) is 5.82. The number of nitrogens with one attached hydrogen (secondary N) is 1. The number of halogens is 2. The van der Waals surface area contributed by atoms with Gasteiger partial charge in [-0.3, -0.25) is 14.2 Å². The Hall–Kier alpha value is -2.28. The van der Waals surface area contributed by atoms with Crippen molar-refractivity contribution in [1.82, 2.24) is 14.5 Å². The molecule has 8 heteroatoms. The smallest absolute Gasteiger partial charge is 0.308 e. The molecular weight excluding hydrogens is 405 g/mol. The standard InChI is InChI=1S/C19H15Cl2N3O2S/c1-23(9-14-7-11-6-12(20)2-4-15(11)22-14)18(25)10-24-16-8-13(21)3-5-17(16)27-19(24)26/h2-8,22H,9-10H2,1H3. The number of benzene rings is 2. The van der Waals surface area contributed by atoms with Crippen molar-refractivity contribution in [1.29, 1.82) is 0 Å². The quantitative estimate of drug-likeness (QED) is 0.528. The topological polar surface area (TPSA) is 58.1 Å². The van der Waals surface area contributed by atoms with Crippen molar-refractivity contribution in [3.8, 4) is 0 Å². The van der Waals surface area contributed by atoms with Crippen molar-refractivity contribution in [2.75, 3.05) is 7.05 Å². The van der Waals surface area contributed by atoms with Gasteiger partial charge in [0, 0.05) is 33.7 Å². The predicted octanol–water partition coefficient (Wildman–Crippen LogP) is 4.51. The highest BCUT2D eigenvalue weighted by Crippen LogP contribution is 2.22. The average Bonchev–Trinajstić information content (AvgIpc) is 3.15. The van der Waals surface area contributed by atoms with Crippen molar-refractivity contribution in [2.45, 2.75) is 13.1 Å². The van der Waals surface area contributed by atoms with E-state index in [4.69, 9.17) is 23.2 Å². The number of rotatable bonds is 4.